The fourth-order valence-corrected chi connectivity index (χ4v) is 3.07. The van der Waals surface area contributed by atoms with Gasteiger partial charge in [-0.3, -0.25) is 9.48 Å². The molecule has 0 saturated carbocycles. The molecule has 1 aromatic heterocycles. The summed E-state index contributed by atoms with van der Waals surface area (Å²) in [5, 5.41) is 25.9. The second-order valence-electron chi connectivity index (χ2n) is 6.53. The van der Waals surface area contributed by atoms with E-state index in [1.165, 1.54) is 0 Å². The third-order valence-electron chi connectivity index (χ3n) is 4.46. The van der Waals surface area contributed by atoms with Crippen molar-refractivity contribution >= 4 is 5.91 Å². The average molecular weight is 354 g/mol. The molecule has 3 rings (SSSR count). The van der Waals surface area contributed by atoms with Crippen LogP contribution in [0.25, 0.3) is 11.3 Å². The highest BCUT2D eigenvalue weighted by molar-refractivity contribution is 5.95. The molecule has 2 unspecified atom stereocenters. The third kappa shape index (κ3) is 3.62. The smallest absolute Gasteiger partial charge is 0.269 e. The Balaban J connectivity index is 2.01. The van der Waals surface area contributed by atoms with Crippen molar-refractivity contribution in [3.05, 3.63) is 41.1 Å². The summed E-state index contributed by atoms with van der Waals surface area (Å²) in [6, 6.07) is 9.24. The van der Waals surface area contributed by atoms with Gasteiger partial charge >= 0.3 is 0 Å². The molecule has 1 aliphatic heterocycles. The molecule has 2 N–H and O–H groups in total. The van der Waals surface area contributed by atoms with Crippen LogP contribution in [-0.2, 0) is 4.74 Å². The summed E-state index contributed by atoms with van der Waals surface area (Å²) in [6.07, 6.45) is 0.174. The average Bonchev–Trinajstić information content (AvgIpc) is 3.27. The summed E-state index contributed by atoms with van der Waals surface area (Å²) < 4.78 is 7.20. The Morgan fingerprint density at radius 3 is 2.81 bits per heavy atom. The van der Waals surface area contributed by atoms with E-state index in [0.29, 0.717) is 30.2 Å². The summed E-state index contributed by atoms with van der Waals surface area (Å²) in [5.41, 5.74) is 3.39. The Morgan fingerprint density at radius 1 is 1.50 bits per heavy atom. The second kappa shape index (κ2) is 7.68. The van der Waals surface area contributed by atoms with Crippen LogP contribution >= 0.6 is 0 Å². The summed E-state index contributed by atoms with van der Waals surface area (Å²) in [7, 11) is 0. The first kappa shape index (κ1) is 18.1. The lowest BCUT2D eigenvalue weighted by atomic mass is 10.0. The Bertz CT molecular complexity index is 828. The summed E-state index contributed by atoms with van der Waals surface area (Å²) >= 11 is 0. The van der Waals surface area contributed by atoms with Gasteiger partial charge in [0.05, 0.1) is 36.1 Å². The van der Waals surface area contributed by atoms with Gasteiger partial charge in [0.25, 0.3) is 5.91 Å². The zero-order valence-corrected chi connectivity index (χ0v) is 14.9. The molecule has 1 fully saturated rings. The highest BCUT2D eigenvalue weighted by Gasteiger charge is 2.28. The van der Waals surface area contributed by atoms with E-state index in [2.05, 4.69) is 11.4 Å². The van der Waals surface area contributed by atoms with Crippen LogP contribution in [0.3, 0.4) is 0 Å². The van der Waals surface area contributed by atoms with Crippen molar-refractivity contribution in [1.82, 2.24) is 15.1 Å². The SMILES string of the molecule is Cc1c(-c2ccc(C#N)cc2)nn(C2CCOC2)c1C(=O)NCC(C)O. The van der Waals surface area contributed by atoms with Crippen molar-refractivity contribution in [2.24, 2.45) is 0 Å². The molecule has 0 bridgehead atoms. The van der Waals surface area contributed by atoms with E-state index in [9.17, 15) is 9.90 Å². The summed E-state index contributed by atoms with van der Waals surface area (Å²) in [5.74, 6) is -0.261. The standard InChI is InChI=1S/C19H22N4O3/c1-12(24)10-21-19(25)18-13(2)17(15-5-3-14(9-20)4-6-15)22-23(18)16-7-8-26-11-16/h3-6,12,16,24H,7-8,10-11H2,1-2H3,(H,21,25). The zero-order chi connectivity index (χ0) is 18.7. The highest BCUT2D eigenvalue weighted by atomic mass is 16.5. The molecule has 1 saturated heterocycles. The normalized spacial score (nSPS) is 17.7. The van der Waals surface area contributed by atoms with Crippen molar-refractivity contribution < 1.29 is 14.6 Å². The first-order valence-electron chi connectivity index (χ1n) is 8.65. The number of hydrogen-bond acceptors (Lipinski definition) is 5. The topological polar surface area (TPSA) is 100 Å². The molecule has 0 spiro atoms. The molecule has 136 valence electrons. The number of carbonyl (C=O) groups is 1. The quantitative estimate of drug-likeness (QED) is 0.853. The molecule has 7 nitrogen and oxygen atoms in total. The van der Waals surface area contributed by atoms with Crippen LogP contribution in [0.1, 0.15) is 41.0 Å². The summed E-state index contributed by atoms with van der Waals surface area (Å²) in [6.45, 7) is 4.83. The lowest BCUT2D eigenvalue weighted by Gasteiger charge is -2.14. The number of carbonyl (C=O) groups excluding carboxylic acids is 1. The Labute approximate surface area is 152 Å². The van der Waals surface area contributed by atoms with Gasteiger partial charge in [0.1, 0.15) is 5.69 Å². The molecular formula is C19H22N4O3. The van der Waals surface area contributed by atoms with E-state index >= 15 is 0 Å². The van der Waals surface area contributed by atoms with E-state index in [0.717, 1.165) is 17.5 Å². The lowest BCUT2D eigenvalue weighted by Crippen LogP contribution is -2.33. The fourth-order valence-electron chi connectivity index (χ4n) is 3.07. The van der Waals surface area contributed by atoms with Gasteiger partial charge in [-0.15, -0.1) is 0 Å². The maximum atomic E-state index is 12.7. The van der Waals surface area contributed by atoms with Crippen molar-refractivity contribution in [3.8, 4) is 17.3 Å². The van der Waals surface area contributed by atoms with E-state index in [1.807, 2.05) is 19.1 Å². The number of nitriles is 1. The number of ether oxygens (including phenoxy) is 1. The van der Waals surface area contributed by atoms with Crippen molar-refractivity contribution in [3.63, 3.8) is 0 Å². The van der Waals surface area contributed by atoms with Crippen LogP contribution in [0.2, 0.25) is 0 Å². The molecule has 2 aromatic rings. The van der Waals surface area contributed by atoms with Crippen molar-refractivity contribution in [1.29, 1.82) is 5.26 Å². The lowest BCUT2D eigenvalue weighted by molar-refractivity contribution is 0.0908. The van der Waals surface area contributed by atoms with Crippen LogP contribution in [0, 0.1) is 18.3 Å². The maximum absolute atomic E-state index is 12.7. The number of amides is 1. The van der Waals surface area contributed by atoms with E-state index in [4.69, 9.17) is 15.1 Å². The molecule has 7 heteroatoms. The van der Waals surface area contributed by atoms with Crippen LogP contribution in [0.15, 0.2) is 24.3 Å². The Hall–Kier alpha value is -2.69. The number of aliphatic hydroxyl groups excluding tert-OH is 1. The minimum absolute atomic E-state index is 0.00753. The monoisotopic (exact) mass is 354 g/mol. The molecule has 1 amide bonds. The Morgan fingerprint density at radius 2 is 2.23 bits per heavy atom. The largest absolute Gasteiger partial charge is 0.392 e. The Kier molecular flexibility index (Phi) is 5.35. The molecular weight excluding hydrogens is 332 g/mol. The third-order valence-corrected chi connectivity index (χ3v) is 4.46. The van der Waals surface area contributed by atoms with Crippen LogP contribution in [-0.4, -0.2) is 46.7 Å². The van der Waals surface area contributed by atoms with Crippen LogP contribution < -0.4 is 5.32 Å². The molecule has 1 aliphatic rings. The van der Waals surface area contributed by atoms with Crippen LogP contribution in [0.5, 0.6) is 0 Å². The fraction of sp³-hybridized carbons (Fsp3) is 0.421. The van der Waals surface area contributed by atoms with Gasteiger partial charge in [0.2, 0.25) is 0 Å². The van der Waals surface area contributed by atoms with E-state index < -0.39 is 6.10 Å². The number of benzene rings is 1. The maximum Gasteiger partial charge on any atom is 0.269 e. The van der Waals surface area contributed by atoms with Crippen molar-refractivity contribution in [2.75, 3.05) is 19.8 Å². The minimum atomic E-state index is -0.622. The predicted molar refractivity (Wildman–Crippen MR) is 95.6 cm³/mol. The second-order valence-corrected chi connectivity index (χ2v) is 6.53. The van der Waals surface area contributed by atoms with Gasteiger partial charge in [0.15, 0.2) is 0 Å². The number of aliphatic hydroxyl groups is 1. The minimum Gasteiger partial charge on any atom is -0.392 e. The highest BCUT2D eigenvalue weighted by Crippen LogP contribution is 2.29. The molecule has 2 heterocycles. The van der Waals surface area contributed by atoms with Gasteiger partial charge in [0, 0.05) is 24.3 Å². The number of hydrogen-bond donors (Lipinski definition) is 2. The molecule has 1 aromatic carbocycles. The molecule has 0 radical (unpaired) electrons. The van der Waals surface area contributed by atoms with Gasteiger partial charge in [-0.05, 0) is 32.4 Å². The van der Waals surface area contributed by atoms with E-state index in [-0.39, 0.29) is 18.5 Å². The van der Waals surface area contributed by atoms with Crippen LogP contribution in [0.4, 0.5) is 0 Å². The van der Waals surface area contributed by atoms with Gasteiger partial charge in [-0.25, -0.2) is 0 Å². The van der Waals surface area contributed by atoms with Crippen molar-refractivity contribution in [2.45, 2.75) is 32.4 Å². The summed E-state index contributed by atoms with van der Waals surface area (Å²) in [4.78, 5) is 12.7. The van der Waals surface area contributed by atoms with E-state index in [1.54, 1.807) is 23.7 Å². The zero-order valence-electron chi connectivity index (χ0n) is 14.9. The first-order valence-corrected chi connectivity index (χ1v) is 8.65. The number of nitrogens with one attached hydrogen (secondary N) is 1. The van der Waals surface area contributed by atoms with Gasteiger partial charge < -0.3 is 15.2 Å². The number of aromatic nitrogens is 2. The molecule has 26 heavy (non-hydrogen) atoms. The number of nitrogens with zero attached hydrogens (tertiary/aromatic N) is 3. The molecule has 2 atom stereocenters. The predicted octanol–water partition coefficient (Wildman–Crippen LogP) is 1.80. The van der Waals surface area contributed by atoms with Gasteiger partial charge in [-0.2, -0.15) is 10.4 Å². The van der Waals surface area contributed by atoms with Gasteiger partial charge in [-0.1, -0.05) is 12.1 Å². The first-order chi connectivity index (χ1) is 12.5. The number of rotatable bonds is 5. The molecule has 0 aliphatic carbocycles.